The van der Waals surface area contributed by atoms with Gasteiger partial charge in [0.05, 0.1) is 6.10 Å². The van der Waals surface area contributed by atoms with Crippen LogP contribution in [-0.4, -0.2) is 18.3 Å². The summed E-state index contributed by atoms with van der Waals surface area (Å²) >= 11 is 0. The van der Waals surface area contributed by atoms with Crippen molar-refractivity contribution in [2.75, 3.05) is 7.11 Å². The quantitative estimate of drug-likeness (QED) is 0.804. The van der Waals surface area contributed by atoms with Gasteiger partial charge < -0.3 is 9.84 Å². The maximum atomic E-state index is 13.3. The lowest BCUT2D eigenvalue weighted by Gasteiger charge is -2.20. The molecule has 0 heterocycles. The van der Waals surface area contributed by atoms with Crippen molar-refractivity contribution < 1.29 is 14.2 Å². The molecule has 0 aliphatic carbocycles. The van der Waals surface area contributed by atoms with Gasteiger partial charge in [0, 0.05) is 12.7 Å². The molecule has 78 valence electrons. The third-order valence-corrected chi connectivity index (χ3v) is 2.28. The zero-order valence-electron chi connectivity index (χ0n) is 8.40. The van der Waals surface area contributed by atoms with E-state index in [9.17, 15) is 9.50 Å². The summed E-state index contributed by atoms with van der Waals surface area (Å²) in [6.45, 7) is 1.89. The van der Waals surface area contributed by atoms with Crippen molar-refractivity contribution in [2.24, 2.45) is 0 Å². The van der Waals surface area contributed by atoms with Crippen molar-refractivity contribution in [2.45, 2.75) is 25.6 Å². The van der Waals surface area contributed by atoms with E-state index in [1.807, 2.05) is 6.92 Å². The van der Waals surface area contributed by atoms with Crippen LogP contribution in [0.2, 0.25) is 0 Å². The molecule has 1 aromatic carbocycles. The summed E-state index contributed by atoms with van der Waals surface area (Å²) in [7, 11) is 1.51. The molecule has 0 saturated heterocycles. The van der Waals surface area contributed by atoms with Gasteiger partial charge in [-0.2, -0.15) is 0 Å². The van der Waals surface area contributed by atoms with E-state index in [-0.39, 0.29) is 6.10 Å². The molecule has 0 fully saturated rings. The first-order valence-electron chi connectivity index (χ1n) is 4.66. The monoisotopic (exact) mass is 198 g/mol. The Morgan fingerprint density at radius 1 is 1.43 bits per heavy atom. The van der Waals surface area contributed by atoms with Crippen molar-refractivity contribution in [3.8, 4) is 0 Å². The van der Waals surface area contributed by atoms with Gasteiger partial charge in [0.25, 0.3) is 0 Å². The number of hydrogen-bond acceptors (Lipinski definition) is 2. The number of halogens is 1. The molecule has 0 saturated carbocycles. The third kappa shape index (κ3) is 2.30. The molecule has 1 rings (SSSR count). The molecular weight excluding hydrogens is 183 g/mol. The van der Waals surface area contributed by atoms with Crippen LogP contribution in [-0.2, 0) is 4.74 Å². The molecule has 3 heteroatoms. The van der Waals surface area contributed by atoms with Crippen LogP contribution < -0.4 is 0 Å². The van der Waals surface area contributed by atoms with E-state index in [4.69, 9.17) is 4.74 Å². The highest BCUT2D eigenvalue weighted by atomic mass is 19.1. The first-order valence-corrected chi connectivity index (χ1v) is 4.66. The number of benzene rings is 1. The lowest BCUT2D eigenvalue weighted by atomic mass is 10.0. The zero-order chi connectivity index (χ0) is 10.6. The van der Waals surface area contributed by atoms with E-state index in [0.717, 1.165) is 0 Å². The molecule has 2 unspecified atom stereocenters. The number of aliphatic hydroxyl groups is 1. The molecule has 0 aliphatic heterocycles. The molecule has 0 bridgehead atoms. The molecule has 2 nitrogen and oxygen atoms in total. The zero-order valence-corrected chi connectivity index (χ0v) is 8.40. The van der Waals surface area contributed by atoms with Crippen molar-refractivity contribution in [1.29, 1.82) is 0 Å². The van der Waals surface area contributed by atoms with Gasteiger partial charge in [0.1, 0.15) is 11.9 Å². The molecule has 1 aromatic rings. The van der Waals surface area contributed by atoms with Crippen LogP contribution in [0.25, 0.3) is 0 Å². The first kappa shape index (κ1) is 11.1. The fourth-order valence-corrected chi connectivity index (χ4v) is 1.43. The van der Waals surface area contributed by atoms with Crippen LogP contribution >= 0.6 is 0 Å². The minimum Gasteiger partial charge on any atom is -0.386 e. The Bertz CT molecular complexity index is 284. The minimum absolute atomic E-state index is 0.293. The minimum atomic E-state index is -0.897. The maximum absolute atomic E-state index is 13.3. The Balaban J connectivity index is 2.88. The van der Waals surface area contributed by atoms with Crippen LogP contribution in [0.3, 0.4) is 0 Å². The average Bonchev–Trinajstić information content (AvgIpc) is 2.20. The van der Waals surface area contributed by atoms with Gasteiger partial charge in [-0.1, -0.05) is 25.1 Å². The summed E-state index contributed by atoms with van der Waals surface area (Å²) in [5.41, 5.74) is 0.293. The first-order chi connectivity index (χ1) is 6.70. The molecule has 0 amide bonds. The van der Waals surface area contributed by atoms with Gasteiger partial charge >= 0.3 is 0 Å². The van der Waals surface area contributed by atoms with Crippen molar-refractivity contribution in [1.82, 2.24) is 0 Å². The SMILES string of the molecule is CCC(OC)C(O)c1ccccc1F. The van der Waals surface area contributed by atoms with E-state index in [0.29, 0.717) is 12.0 Å². The van der Waals surface area contributed by atoms with Gasteiger partial charge in [-0.05, 0) is 12.5 Å². The summed E-state index contributed by atoms with van der Waals surface area (Å²) in [6, 6.07) is 6.20. The Morgan fingerprint density at radius 2 is 2.07 bits per heavy atom. The standard InChI is InChI=1S/C11H15FO2/c1-3-10(14-2)11(13)8-6-4-5-7-9(8)12/h4-7,10-11,13H,3H2,1-2H3. The van der Waals surface area contributed by atoms with E-state index < -0.39 is 11.9 Å². The molecule has 0 radical (unpaired) electrons. The average molecular weight is 198 g/mol. The predicted molar refractivity (Wildman–Crippen MR) is 52.4 cm³/mol. The van der Waals surface area contributed by atoms with Gasteiger partial charge in [-0.15, -0.1) is 0 Å². The molecule has 0 aliphatic rings. The van der Waals surface area contributed by atoms with Gasteiger partial charge in [0.2, 0.25) is 0 Å². The Kier molecular flexibility index (Phi) is 4.04. The maximum Gasteiger partial charge on any atom is 0.129 e. The molecule has 0 spiro atoms. The number of methoxy groups -OCH3 is 1. The second-order valence-electron chi connectivity index (χ2n) is 3.15. The fourth-order valence-electron chi connectivity index (χ4n) is 1.43. The molecule has 0 aromatic heterocycles. The van der Waals surface area contributed by atoms with Crippen LogP contribution in [0, 0.1) is 5.82 Å². The Morgan fingerprint density at radius 3 is 2.57 bits per heavy atom. The lowest BCUT2D eigenvalue weighted by molar-refractivity contribution is -0.0164. The van der Waals surface area contributed by atoms with Crippen LogP contribution in [0.15, 0.2) is 24.3 Å². The van der Waals surface area contributed by atoms with E-state index in [1.54, 1.807) is 18.2 Å². The van der Waals surface area contributed by atoms with Gasteiger partial charge in [-0.3, -0.25) is 0 Å². The number of aliphatic hydroxyl groups excluding tert-OH is 1. The van der Waals surface area contributed by atoms with Crippen molar-refractivity contribution in [3.05, 3.63) is 35.6 Å². The predicted octanol–water partition coefficient (Wildman–Crippen LogP) is 2.28. The highest BCUT2D eigenvalue weighted by molar-refractivity contribution is 5.20. The fraction of sp³-hybridized carbons (Fsp3) is 0.455. The highest BCUT2D eigenvalue weighted by Gasteiger charge is 2.21. The third-order valence-electron chi connectivity index (χ3n) is 2.28. The van der Waals surface area contributed by atoms with Crippen molar-refractivity contribution >= 4 is 0 Å². The van der Waals surface area contributed by atoms with Crippen LogP contribution in [0.1, 0.15) is 25.0 Å². The highest BCUT2D eigenvalue weighted by Crippen LogP contribution is 2.23. The summed E-state index contributed by atoms with van der Waals surface area (Å²) in [6.07, 6.45) is -0.607. The summed E-state index contributed by atoms with van der Waals surface area (Å²) in [5, 5.41) is 9.80. The lowest BCUT2D eigenvalue weighted by Crippen LogP contribution is -2.20. The molecular formula is C11H15FO2. The summed E-state index contributed by atoms with van der Waals surface area (Å²) in [5.74, 6) is -0.393. The molecule has 1 N–H and O–H groups in total. The van der Waals surface area contributed by atoms with E-state index in [2.05, 4.69) is 0 Å². The summed E-state index contributed by atoms with van der Waals surface area (Å²) < 4.78 is 18.3. The topological polar surface area (TPSA) is 29.5 Å². The second-order valence-corrected chi connectivity index (χ2v) is 3.15. The number of ether oxygens (including phenoxy) is 1. The smallest absolute Gasteiger partial charge is 0.129 e. The molecule has 2 atom stereocenters. The van der Waals surface area contributed by atoms with E-state index in [1.165, 1.54) is 13.2 Å². The van der Waals surface area contributed by atoms with Crippen LogP contribution in [0.5, 0.6) is 0 Å². The van der Waals surface area contributed by atoms with Gasteiger partial charge in [0.15, 0.2) is 0 Å². The normalized spacial score (nSPS) is 15.1. The van der Waals surface area contributed by atoms with Crippen molar-refractivity contribution in [3.63, 3.8) is 0 Å². The summed E-state index contributed by atoms with van der Waals surface area (Å²) in [4.78, 5) is 0. The second kappa shape index (κ2) is 5.08. The number of hydrogen-bond donors (Lipinski definition) is 1. The number of rotatable bonds is 4. The van der Waals surface area contributed by atoms with Gasteiger partial charge in [-0.25, -0.2) is 4.39 Å². The Hall–Kier alpha value is -0.930. The van der Waals surface area contributed by atoms with E-state index >= 15 is 0 Å². The Labute approximate surface area is 83.3 Å². The molecule has 14 heavy (non-hydrogen) atoms. The largest absolute Gasteiger partial charge is 0.386 e. The van der Waals surface area contributed by atoms with Crippen LogP contribution in [0.4, 0.5) is 4.39 Å².